The molecule has 2 amide bonds. The highest BCUT2D eigenvalue weighted by molar-refractivity contribution is 6.67. The molecule has 2 heterocycles. The van der Waals surface area contributed by atoms with Crippen LogP contribution in [-0.4, -0.2) is 11.8 Å². The molecule has 7 nitrogen and oxygen atoms in total. The molecular weight excluding hydrogens is 679 g/mol. The van der Waals surface area contributed by atoms with Crippen molar-refractivity contribution in [3.8, 4) is 24.7 Å². The third kappa shape index (κ3) is 5.94. The van der Waals surface area contributed by atoms with E-state index in [1.807, 2.05) is 0 Å². The molecule has 3 aromatic carbocycles. The summed E-state index contributed by atoms with van der Waals surface area (Å²) in [6.07, 6.45) is 14.0. The molecule has 0 atom stereocenters. The second-order valence-corrected chi connectivity index (χ2v) is 13.6. The molecule has 0 spiro atoms. The van der Waals surface area contributed by atoms with Gasteiger partial charge in [-0.05, 0) is 42.5 Å². The fourth-order valence-corrected chi connectivity index (χ4v) is 5.39. The van der Waals surface area contributed by atoms with E-state index in [-0.39, 0.29) is 44.9 Å². The molecule has 0 saturated heterocycles. The molecule has 216 valence electrons. The number of hydrogen-bond acceptors (Lipinski definition) is 5. The lowest BCUT2D eigenvalue weighted by Gasteiger charge is -2.19. The third-order valence-corrected chi connectivity index (χ3v) is 7.58. The number of amides is 2. The highest BCUT2D eigenvalue weighted by Crippen LogP contribution is 2.47. The second kappa shape index (κ2) is 11.4. The minimum absolute atomic E-state index is 0.00103. The molecule has 43 heavy (non-hydrogen) atoms. The summed E-state index contributed by atoms with van der Waals surface area (Å²) in [6.45, 7) is 0. The number of halogens is 6. The minimum Gasteiger partial charge on any atom is -0.463 e. The Morgan fingerprint density at radius 1 is 0.698 bits per heavy atom. The summed E-state index contributed by atoms with van der Waals surface area (Å²) in [6, 6.07) is 10.1. The smallest absolute Gasteiger partial charge is 0.255 e. The van der Waals surface area contributed by atoms with Gasteiger partial charge in [0.15, 0.2) is 11.2 Å². The quantitative estimate of drug-likeness (QED) is 0.0990. The molecule has 0 aliphatic carbocycles. The van der Waals surface area contributed by atoms with Crippen molar-refractivity contribution in [2.75, 3.05) is 16.4 Å². The van der Waals surface area contributed by atoms with Gasteiger partial charge in [0.1, 0.15) is 0 Å². The van der Waals surface area contributed by atoms with E-state index in [1.165, 1.54) is 42.9 Å². The minimum atomic E-state index is -1.98. The topological polar surface area (TPSA) is 110 Å². The summed E-state index contributed by atoms with van der Waals surface area (Å²) < 4.78 is 7.12. The summed E-state index contributed by atoms with van der Waals surface area (Å²) in [7, 11) is 0. The number of anilines is 3. The Hall–Kier alpha value is -3.66. The van der Waals surface area contributed by atoms with Crippen molar-refractivity contribution in [3.05, 3.63) is 88.4 Å². The van der Waals surface area contributed by atoms with Crippen LogP contribution in [0.1, 0.15) is 43.0 Å². The molecule has 5 aromatic rings. The average Bonchev–Trinajstić information content (AvgIpc) is 3.62. The number of hydrogen-bond donors (Lipinski definition) is 3. The normalized spacial score (nSPS) is 11.7. The first kappa shape index (κ1) is 30.8. The van der Waals surface area contributed by atoms with Gasteiger partial charge >= 0.3 is 0 Å². The van der Waals surface area contributed by atoms with Gasteiger partial charge in [-0.1, -0.05) is 81.4 Å². The van der Waals surface area contributed by atoms with Crippen molar-refractivity contribution < 1.29 is 18.4 Å². The Labute approximate surface area is 274 Å². The van der Waals surface area contributed by atoms with Gasteiger partial charge in [-0.15, -0.1) is 12.8 Å². The molecule has 0 aliphatic rings. The van der Waals surface area contributed by atoms with Crippen LogP contribution in [0.4, 0.5) is 17.1 Å². The van der Waals surface area contributed by atoms with Crippen LogP contribution in [0.2, 0.25) is 0 Å². The number of nitrogens with two attached hydrogens (primary N) is 1. The molecule has 0 bridgehead atoms. The van der Waals surface area contributed by atoms with Gasteiger partial charge in [0.25, 0.3) is 11.8 Å². The number of carbonyl (C=O) groups excluding carboxylic acids is 2. The zero-order chi connectivity index (χ0) is 31.3. The first-order valence-electron chi connectivity index (χ1n) is 11.9. The summed E-state index contributed by atoms with van der Waals surface area (Å²) in [5, 5.41) is 6.32. The zero-order valence-electron chi connectivity index (χ0n) is 21.3. The molecule has 2 aromatic heterocycles. The summed E-state index contributed by atoms with van der Waals surface area (Å²) in [5.74, 6) is 3.61. The van der Waals surface area contributed by atoms with Crippen molar-refractivity contribution in [2.24, 2.45) is 0 Å². The lowest BCUT2D eigenvalue weighted by molar-refractivity contribution is 0.102. The Morgan fingerprint density at radius 2 is 1.19 bits per heavy atom. The second-order valence-electron chi connectivity index (χ2n) is 9.06. The van der Waals surface area contributed by atoms with Crippen molar-refractivity contribution in [1.82, 2.24) is 0 Å². The monoisotopic (exact) mass is 691 g/mol. The number of nitrogen functional groups attached to an aromatic ring is 1. The van der Waals surface area contributed by atoms with E-state index in [4.69, 9.17) is 97.0 Å². The van der Waals surface area contributed by atoms with Crippen LogP contribution in [0, 0.1) is 24.7 Å². The van der Waals surface area contributed by atoms with Gasteiger partial charge in [-0.25, -0.2) is 0 Å². The van der Waals surface area contributed by atoms with E-state index < -0.39 is 19.4 Å². The van der Waals surface area contributed by atoms with E-state index in [2.05, 4.69) is 22.5 Å². The molecule has 0 fully saturated rings. The number of carbonyl (C=O) groups is 2. The highest BCUT2D eigenvalue weighted by atomic mass is 35.6. The van der Waals surface area contributed by atoms with Gasteiger partial charge in [-0.3, -0.25) is 9.59 Å². The summed E-state index contributed by atoms with van der Waals surface area (Å²) >= 11 is 37.3. The number of furan rings is 2. The van der Waals surface area contributed by atoms with E-state index in [0.29, 0.717) is 27.5 Å². The number of rotatable bonds is 4. The van der Waals surface area contributed by atoms with Gasteiger partial charge in [0.2, 0.25) is 7.59 Å². The van der Waals surface area contributed by atoms with Crippen molar-refractivity contribution in [3.63, 3.8) is 0 Å². The summed E-state index contributed by atoms with van der Waals surface area (Å²) in [5.41, 5.74) is 7.76. The Balaban J connectivity index is 1.54. The number of alkyl halides is 6. The first-order valence-corrected chi connectivity index (χ1v) is 14.2. The number of fused-ring (bicyclic) bond motifs is 2. The van der Waals surface area contributed by atoms with Crippen LogP contribution in [0.25, 0.3) is 21.9 Å². The molecule has 5 rings (SSSR count). The number of nitrogens with one attached hydrogen (secondary N) is 2. The van der Waals surface area contributed by atoms with Crippen LogP contribution < -0.4 is 16.4 Å². The maximum absolute atomic E-state index is 13.5. The molecular formula is C30H15Cl6N3O4. The molecule has 0 saturated carbocycles. The largest absolute Gasteiger partial charge is 0.463 e. The van der Waals surface area contributed by atoms with Crippen molar-refractivity contribution in [2.45, 2.75) is 7.59 Å². The van der Waals surface area contributed by atoms with E-state index in [0.717, 1.165) is 0 Å². The fourth-order valence-electron chi connectivity index (χ4n) is 4.49. The van der Waals surface area contributed by atoms with E-state index >= 15 is 0 Å². The van der Waals surface area contributed by atoms with Gasteiger partial charge in [0.05, 0.1) is 29.5 Å². The van der Waals surface area contributed by atoms with E-state index in [9.17, 15) is 9.59 Å². The maximum Gasteiger partial charge on any atom is 0.255 e. The van der Waals surface area contributed by atoms with Gasteiger partial charge < -0.3 is 25.2 Å². The van der Waals surface area contributed by atoms with Gasteiger partial charge in [0, 0.05) is 44.3 Å². The SMILES string of the molecule is C#Cc1cc(C(Cl)(Cl)Cl)c(NC(=O)c2cc(N)cc(C(=O)Nc3c(C(Cl)(Cl)Cl)cc(C#C)c4occc34)c2)c2occc12. The summed E-state index contributed by atoms with van der Waals surface area (Å²) in [4.78, 5) is 27.0. The van der Waals surface area contributed by atoms with Crippen LogP contribution in [0.15, 0.2) is 63.8 Å². The molecule has 0 unspecified atom stereocenters. The van der Waals surface area contributed by atoms with Crippen LogP contribution >= 0.6 is 69.6 Å². The maximum atomic E-state index is 13.5. The van der Waals surface area contributed by atoms with Crippen LogP contribution in [-0.2, 0) is 7.59 Å². The number of terminal acetylenes is 2. The predicted octanol–water partition coefficient (Wildman–Crippen LogP) is 8.88. The molecule has 0 radical (unpaired) electrons. The van der Waals surface area contributed by atoms with E-state index in [1.54, 1.807) is 12.1 Å². The highest BCUT2D eigenvalue weighted by Gasteiger charge is 2.32. The fraction of sp³-hybridized carbons (Fsp3) is 0.0667. The predicted molar refractivity (Wildman–Crippen MR) is 174 cm³/mol. The zero-order valence-corrected chi connectivity index (χ0v) is 25.9. The third-order valence-electron chi connectivity index (χ3n) is 6.36. The molecule has 13 heteroatoms. The number of benzene rings is 3. The Bertz CT molecular complexity index is 1900. The van der Waals surface area contributed by atoms with Crippen LogP contribution in [0.3, 0.4) is 0 Å². The molecule has 0 aliphatic heterocycles. The lowest BCUT2D eigenvalue weighted by Crippen LogP contribution is -2.19. The van der Waals surface area contributed by atoms with Crippen molar-refractivity contribution >= 4 is 120 Å². The first-order chi connectivity index (χ1) is 20.2. The lowest BCUT2D eigenvalue weighted by atomic mass is 10.0. The average molecular weight is 694 g/mol. The Kier molecular flexibility index (Phi) is 8.19. The van der Waals surface area contributed by atoms with Gasteiger partial charge in [-0.2, -0.15) is 0 Å². The standard InChI is InChI=1S/C30H15Cl6N3O4/c1-3-14-12-22(30(34,35)36)24(26-19(14)5-7-43-26)39-28(41)17-9-16(10-18(37)11-17)27(40)38-23-20-6-8-42-25(20)15(4-2)13-21(23)29(31,32)33/h1-2,5-13H,37H2,(H,38,40)(H,39,41). The molecule has 4 N–H and O–H groups in total. The van der Waals surface area contributed by atoms with Crippen molar-refractivity contribution in [1.29, 1.82) is 0 Å². The van der Waals surface area contributed by atoms with Crippen LogP contribution in [0.5, 0.6) is 0 Å². The Morgan fingerprint density at radius 3 is 1.74 bits per heavy atom.